The van der Waals surface area contributed by atoms with E-state index in [0.717, 1.165) is 113 Å². The lowest BCUT2D eigenvalue weighted by Gasteiger charge is -2.12. The Labute approximate surface area is 611 Å². The molecule has 0 saturated carbocycles. The topological polar surface area (TPSA) is 311 Å². The fourth-order valence-electron chi connectivity index (χ4n) is 5.70. The Morgan fingerprint density at radius 3 is 0.370 bits per heavy atom. The van der Waals surface area contributed by atoms with E-state index in [4.69, 9.17) is 61.2 Å². The molecule has 0 amide bonds. The minimum absolute atomic E-state index is 0.917. The van der Waals surface area contributed by atoms with Crippen LogP contribution in [-0.2, 0) is 52.4 Å². The SMILES string of the molecule is CC[n+]1ccccc1Br.CC[n+]1ccccc1Br.CC[n+]1ccccc1Br.CC[n+]1ccccc1Br.CC[n+]1ccccc1Br.CC[n+]1ccccc1Br.CC[n+]1ccccc1Br.CC[n+]1ccccc1Br.N#CB([O-])[O-].N#CB([O-])[O-].N#CB([O-])[O-].N#CB([O-])[O-]. The molecule has 0 aliphatic heterocycles. The number of aromatic nitrogens is 8. The minimum Gasteiger partial charge on any atom is -0.881 e. The van der Waals surface area contributed by atoms with Crippen molar-refractivity contribution in [3.8, 4) is 23.9 Å². The average molecular weight is 1770 g/mol. The van der Waals surface area contributed by atoms with Crippen LogP contribution in [0.25, 0.3) is 0 Å². The molecule has 32 heteroatoms. The van der Waals surface area contributed by atoms with Gasteiger partial charge in [0.05, 0.1) is 0 Å². The first kappa shape index (κ1) is 93.3. The van der Waals surface area contributed by atoms with Gasteiger partial charge in [-0.3, -0.25) is 0 Å². The maximum absolute atomic E-state index is 8.98. The lowest BCUT2D eigenvalue weighted by Crippen LogP contribution is -2.43. The van der Waals surface area contributed by atoms with Crippen molar-refractivity contribution in [1.29, 1.82) is 21.0 Å². The number of nitrogens with zero attached hydrogens (tertiary/aromatic N) is 12. The molecular formula is C60H72B4Br8N12O8. The van der Waals surface area contributed by atoms with Crippen LogP contribution >= 0.6 is 127 Å². The molecule has 0 aromatic carbocycles. The fraction of sp³-hybridized carbons (Fsp3) is 0.267. The highest BCUT2D eigenvalue weighted by molar-refractivity contribution is 9.11. The first-order valence-corrected chi connectivity index (χ1v) is 34.1. The molecule has 8 aromatic heterocycles. The second-order valence-electron chi connectivity index (χ2n) is 16.3. The van der Waals surface area contributed by atoms with E-state index in [1.54, 1.807) is 0 Å². The third-order valence-electron chi connectivity index (χ3n) is 10.2. The molecule has 8 aromatic rings. The van der Waals surface area contributed by atoms with Gasteiger partial charge in [-0.15, -0.1) is 0 Å². The summed E-state index contributed by atoms with van der Waals surface area (Å²) in [6.07, 6.45) is 16.4. The van der Waals surface area contributed by atoms with Gasteiger partial charge in [0.1, 0.15) is 52.4 Å². The lowest BCUT2D eigenvalue weighted by molar-refractivity contribution is -0.704. The summed E-state index contributed by atoms with van der Waals surface area (Å²) in [6.45, 7) is 25.0. The second-order valence-corrected chi connectivity index (χ2v) is 22.8. The molecular weight excluding hydrogens is 1700 g/mol. The quantitative estimate of drug-likeness (QED) is 0.120. The van der Waals surface area contributed by atoms with Crippen LogP contribution < -0.4 is 76.7 Å². The van der Waals surface area contributed by atoms with Crippen molar-refractivity contribution in [3.05, 3.63) is 232 Å². The third-order valence-corrected chi connectivity index (χ3v) is 16.0. The molecule has 0 radical (unpaired) electrons. The number of rotatable bonds is 8. The first-order chi connectivity index (χ1) is 43.8. The summed E-state index contributed by atoms with van der Waals surface area (Å²) in [6, 6.07) is 48.5. The van der Waals surface area contributed by atoms with Crippen molar-refractivity contribution in [2.24, 2.45) is 0 Å². The van der Waals surface area contributed by atoms with Gasteiger partial charge in [-0.1, -0.05) is 0 Å². The zero-order valence-corrected chi connectivity index (χ0v) is 64.8. The maximum Gasteiger partial charge on any atom is 0.247 e. The van der Waals surface area contributed by atoms with Gasteiger partial charge < -0.3 is 40.2 Å². The molecule has 8 rings (SSSR count). The Bertz CT molecular complexity index is 2740. The van der Waals surface area contributed by atoms with Crippen molar-refractivity contribution in [3.63, 3.8) is 0 Å². The molecule has 0 N–H and O–H groups in total. The molecule has 0 unspecified atom stereocenters. The highest BCUT2D eigenvalue weighted by Gasteiger charge is 2.05. The van der Waals surface area contributed by atoms with Gasteiger partial charge in [0.2, 0.25) is 36.8 Å². The van der Waals surface area contributed by atoms with Crippen LogP contribution in [0.15, 0.2) is 232 Å². The van der Waals surface area contributed by atoms with Gasteiger partial charge in [-0.2, -0.15) is 36.5 Å². The summed E-state index contributed by atoms with van der Waals surface area (Å²) in [5.41, 5.74) is 0. The maximum atomic E-state index is 8.98. The smallest absolute Gasteiger partial charge is 0.247 e. The molecule has 8 heterocycles. The van der Waals surface area contributed by atoms with Crippen molar-refractivity contribution < 1.29 is 76.7 Å². The van der Waals surface area contributed by atoms with Crippen molar-refractivity contribution in [2.75, 3.05) is 0 Å². The molecule has 0 aliphatic rings. The zero-order chi connectivity index (χ0) is 70.7. The molecule has 20 nitrogen and oxygen atoms in total. The van der Waals surface area contributed by atoms with Crippen LogP contribution in [0, 0.1) is 44.9 Å². The Morgan fingerprint density at radius 1 is 0.239 bits per heavy atom. The van der Waals surface area contributed by atoms with Gasteiger partial charge in [-0.05, 0) is 128 Å². The second kappa shape index (κ2) is 63.3. The van der Waals surface area contributed by atoms with Crippen LogP contribution in [0.4, 0.5) is 0 Å². The lowest BCUT2D eigenvalue weighted by atomic mass is 9.97. The Balaban J connectivity index is -0.000000463. The predicted octanol–water partition coefficient (Wildman–Crippen LogP) is 3.08. The van der Waals surface area contributed by atoms with Crippen LogP contribution in [-0.4, -0.2) is 28.5 Å². The highest BCUT2D eigenvalue weighted by atomic mass is 79.9. The third kappa shape index (κ3) is 52.3. The van der Waals surface area contributed by atoms with Gasteiger partial charge in [0, 0.05) is 253 Å². The standard InChI is InChI=1S/8C7H9BrN.4CBNO2/c8*1-2-9-6-4-3-5-7(9)8;4*3-1-2(4)5/h8*3-6H,2H2,1H3;;;;/q8*+1;4*-2. The van der Waals surface area contributed by atoms with Crippen molar-refractivity contribution >= 4 is 156 Å². The molecule has 92 heavy (non-hydrogen) atoms. The predicted molar refractivity (Wildman–Crippen MR) is 366 cm³/mol. The van der Waals surface area contributed by atoms with E-state index in [0.29, 0.717) is 0 Å². The van der Waals surface area contributed by atoms with Gasteiger partial charge >= 0.3 is 0 Å². The van der Waals surface area contributed by atoms with Crippen LogP contribution in [0.1, 0.15) is 55.4 Å². The highest BCUT2D eigenvalue weighted by Crippen LogP contribution is 2.04. The van der Waals surface area contributed by atoms with Gasteiger partial charge in [0.25, 0.3) is 0 Å². The average Bonchev–Trinajstić information content (AvgIpc) is 3.75. The number of hydrogen-bond donors (Lipinski definition) is 0. The summed E-state index contributed by atoms with van der Waals surface area (Å²) in [4.78, 5) is 0. The van der Waals surface area contributed by atoms with E-state index in [1.807, 2.05) is 195 Å². The first-order valence-electron chi connectivity index (χ1n) is 27.8. The molecule has 0 aliphatic carbocycles. The molecule has 0 atom stereocenters. The Hall–Kier alpha value is -5.06. The number of halogens is 8. The summed E-state index contributed by atoms with van der Waals surface area (Å²) >= 11 is 27.4. The van der Waals surface area contributed by atoms with E-state index < -0.39 is 28.5 Å². The van der Waals surface area contributed by atoms with E-state index in [9.17, 15) is 0 Å². The molecule has 0 bridgehead atoms. The van der Waals surface area contributed by atoms with Crippen LogP contribution in [0.5, 0.6) is 0 Å². The van der Waals surface area contributed by atoms with E-state index >= 15 is 0 Å². The van der Waals surface area contributed by atoms with Crippen molar-refractivity contribution in [1.82, 2.24) is 0 Å². The van der Waals surface area contributed by atoms with E-state index in [2.05, 4.69) is 219 Å². The number of nitriles is 4. The normalized spacial score (nSPS) is 8.74. The monoisotopic (exact) mass is 1760 g/mol. The summed E-state index contributed by atoms with van der Waals surface area (Å²) in [5, 5.41) is 101. The number of aryl methyl sites for hydroxylation is 8. The summed E-state index contributed by atoms with van der Waals surface area (Å²) in [5.74, 6) is 3.67. The Morgan fingerprint density at radius 2 is 0.326 bits per heavy atom. The zero-order valence-electron chi connectivity index (χ0n) is 52.1. The largest absolute Gasteiger partial charge is 0.881 e. The summed E-state index contributed by atoms with van der Waals surface area (Å²) in [7, 11) is -9.24. The molecule has 0 saturated heterocycles. The van der Waals surface area contributed by atoms with Gasteiger partial charge in [-0.25, -0.2) is 21.0 Å². The number of hydrogen-bond acceptors (Lipinski definition) is 12. The Kier molecular flexibility index (Phi) is 64.3. The minimum atomic E-state index is -2.31. The number of pyridine rings is 8. The fourth-order valence-corrected chi connectivity index (χ4v) is 9.87. The van der Waals surface area contributed by atoms with Crippen molar-refractivity contribution in [2.45, 2.75) is 108 Å². The summed E-state index contributed by atoms with van der Waals surface area (Å²) < 4.78 is 26.1. The van der Waals surface area contributed by atoms with Gasteiger partial charge in [0.15, 0.2) is 49.6 Å². The van der Waals surface area contributed by atoms with Crippen LogP contribution in [0.2, 0.25) is 0 Å². The van der Waals surface area contributed by atoms with E-state index in [-0.39, 0.29) is 0 Å². The van der Waals surface area contributed by atoms with E-state index in [1.165, 1.54) is 0 Å². The van der Waals surface area contributed by atoms with Crippen LogP contribution in [0.3, 0.4) is 0 Å². The molecule has 0 spiro atoms. The molecule has 0 fully saturated rings. The molecule has 488 valence electrons.